The summed E-state index contributed by atoms with van der Waals surface area (Å²) in [5.74, 6) is 1.61. The van der Waals surface area contributed by atoms with Crippen LogP contribution in [0.25, 0.3) is 0 Å². The van der Waals surface area contributed by atoms with Gasteiger partial charge >= 0.3 is 0 Å². The van der Waals surface area contributed by atoms with Crippen LogP contribution in [0.3, 0.4) is 0 Å². The van der Waals surface area contributed by atoms with E-state index in [2.05, 4.69) is 4.90 Å². The number of hydrogen-bond acceptors (Lipinski definition) is 4. The van der Waals surface area contributed by atoms with Crippen molar-refractivity contribution in [2.24, 2.45) is 0 Å². The van der Waals surface area contributed by atoms with Crippen LogP contribution in [0.5, 0.6) is 11.5 Å². The van der Waals surface area contributed by atoms with Crippen molar-refractivity contribution >= 4 is 0 Å². The van der Waals surface area contributed by atoms with E-state index in [1.165, 1.54) is 0 Å². The molecule has 1 N–H and O–H groups in total. The van der Waals surface area contributed by atoms with E-state index in [1.54, 1.807) is 14.2 Å². The van der Waals surface area contributed by atoms with Crippen molar-refractivity contribution in [1.29, 1.82) is 0 Å². The van der Waals surface area contributed by atoms with Crippen LogP contribution in [0.2, 0.25) is 0 Å². The number of aliphatic hydroxyl groups is 1. The van der Waals surface area contributed by atoms with E-state index in [-0.39, 0.29) is 6.10 Å². The first-order valence-corrected chi connectivity index (χ1v) is 5.83. The van der Waals surface area contributed by atoms with Gasteiger partial charge in [0.2, 0.25) is 0 Å². The van der Waals surface area contributed by atoms with Gasteiger partial charge in [-0.15, -0.1) is 0 Å². The molecule has 0 unspecified atom stereocenters. The monoisotopic (exact) mass is 237 g/mol. The summed E-state index contributed by atoms with van der Waals surface area (Å²) in [5, 5.41) is 9.49. The Kier molecular flexibility index (Phi) is 3.86. The first-order valence-electron chi connectivity index (χ1n) is 5.83. The van der Waals surface area contributed by atoms with E-state index < -0.39 is 0 Å². The van der Waals surface area contributed by atoms with Crippen LogP contribution >= 0.6 is 0 Å². The van der Waals surface area contributed by atoms with Gasteiger partial charge < -0.3 is 14.6 Å². The van der Waals surface area contributed by atoms with Gasteiger partial charge in [0.25, 0.3) is 0 Å². The summed E-state index contributed by atoms with van der Waals surface area (Å²) < 4.78 is 10.5. The Morgan fingerprint density at radius 2 is 1.88 bits per heavy atom. The molecule has 17 heavy (non-hydrogen) atoms. The van der Waals surface area contributed by atoms with Crippen LogP contribution in [-0.2, 0) is 6.54 Å². The Hall–Kier alpha value is -1.26. The fourth-order valence-electron chi connectivity index (χ4n) is 2.17. The highest BCUT2D eigenvalue weighted by Crippen LogP contribution is 2.24. The molecule has 1 saturated heterocycles. The molecule has 0 bridgehead atoms. The molecule has 1 aliphatic rings. The topological polar surface area (TPSA) is 41.9 Å². The molecule has 4 heteroatoms. The average Bonchev–Trinajstić information content (AvgIpc) is 2.74. The van der Waals surface area contributed by atoms with Crippen LogP contribution < -0.4 is 9.47 Å². The maximum atomic E-state index is 9.49. The zero-order valence-electron chi connectivity index (χ0n) is 10.3. The number of benzene rings is 1. The van der Waals surface area contributed by atoms with Crippen molar-refractivity contribution in [3.8, 4) is 11.5 Å². The molecule has 0 aliphatic carbocycles. The zero-order valence-corrected chi connectivity index (χ0v) is 10.3. The van der Waals surface area contributed by atoms with Gasteiger partial charge in [0, 0.05) is 25.7 Å². The number of likely N-dealkylation sites (tertiary alicyclic amines) is 1. The highest BCUT2D eigenvalue weighted by molar-refractivity contribution is 5.38. The van der Waals surface area contributed by atoms with Crippen molar-refractivity contribution in [3.05, 3.63) is 23.8 Å². The Bertz CT molecular complexity index is 359. The minimum Gasteiger partial charge on any atom is -0.497 e. The minimum atomic E-state index is -0.178. The minimum absolute atomic E-state index is 0.178. The molecule has 1 aromatic rings. The summed E-state index contributed by atoms with van der Waals surface area (Å²) in [6.45, 7) is 2.52. The van der Waals surface area contributed by atoms with Crippen molar-refractivity contribution < 1.29 is 14.6 Å². The molecular weight excluding hydrogens is 218 g/mol. The Morgan fingerprint density at radius 1 is 1.24 bits per heavy atom. The Balaban J connectivity index is 2.09. The highest BCUT2D eigenvalue weighted by Gasteiger charge is 2.20. The molecule has 1 aliphatic heterocycles. The fourth-order valence-corrected chi connectivity index (χ4v) is 2.17. The summed E-state index contributed by atoms with van der Waals surface area (Å²) in [5.41, 5.74) is 1.15. The zero-order chi connectivity index (χ0) is 12.3. The number of β-amino-alcohol motifs (C(OH)–C–C–N with tert-alkyl or cyclic N) is 1. The molecule has 0 radical (unpaired) electrons. The second-order valence-electron chi connectivity index (χ2n) is 4.40. The van der Waals surface area contributed by atoms with E-state index in [4.69, 9.17) is 9.47 Å². The van der Waals surface area contributed by atoms with Gasteiger partial charge in [0.05, 0.1) is 20.3 Å². The molecule has 0 spiro atoms. The van der Waals surface area contributed by atoms with E-state index in [0.29, 0.717) is 0 Å². The number of nitrogens with zero attached hydrogens (tertiary/aromatic N) is 1. The predicted octanol–water partition coefficient (Wildman–Crippen LogP) is 1.27. The molecule has 0 aromatic heterocycles. The maximum absolute atomic E-state index is 9.49. The number of aliphatic hydroxyl groups excluding tert-OH is 1. The van der Waals surface area contributed by atoms with E-state index in [9.17, 15) is 5.11 Å². The van der Waals surface area contributed by atoms with E-state index in [1.807, 2.05) is 18.2 Å². The van der Waals surface area contributed by atoms with Crippen LogP contribution in [0.15, 0.2) is 18.2 Å². The third-order valence-electron chi connectivity index (χ3n) is 3.06. The lowest BCUT2D eigenvalue weighted by atomic mass is 10.2. The van der Waals surface area contributed by atoms with Gasteiger partial charge in [0.1, 0.15) is 11.5 Å². The van der Waals surface area contributed by atoms with E-state index >= 15 is 0 Å². The van der Waals surface area contributed by atoms with Crippen molar-refractivity contribution in [2.45, 2.75) is 19.1 Å². The molecule has 1 heterocycles. The second kappa shape index (κ2) is 5.38. The Labute approximate surface area is 102 Å². The first kappa shape index (κ1) is 12.2. The molecular formula is C13H19NO3. The molecule has 1 aromatic carbocycles. The molecule has 0 saturated carbocycles. The van der Waals surface area contributed by atoms with Gasteiger partial charge in [-0.3, -0.25) is 4.90 Å². The van der Waals surface area contributed by atoms with Gasteiger partial charge in [-0.05, 0) is 24.1 Å². The quantitative estimate of drug-likeness (QED) is 0.856. The Morgan fingerprint density at radius 3 is 2.35 bits per heavy atom. The van der Waals surface area contributed by atoms with Gasteiger partial charge in [-0.1, -0.05) is 0 Å². The predicted molar refractivity (Wildman–Crippen MR) is 65.4 cm³/mol. The fraction of sp³-hybridized carbons (Fsp3) is 0.538. The lowest BCUT2D eigenvalue weighted by Crippen LogP contribution is -2.21. The lowest BCUT2D eigenvalue weighted by molar-refractivity contribution is 0.174. The van der Waals surface area contributed by atoms with Crippen LogP contribution in [-0.4, -0.2) is 43.4 Å². The first-order chi connectivity index (χ1) is 8.21. The molecule has 2 rings (SSSR count). The standard InChI is InChI=1S/C13H19NO3/c1-16-12-5-10(6-13(7-12)17-2)8-14-4-3-11(15)9-14/h5-7,11,15H,3-4,8-9H2,1-2H3/t11-/m0/s1. The average molecular weight is 237 g/mol. The molecule has 1 atom stereocenters. The highest BCUT2D eigenvalue weighted by atomic mass is 16.5. The normalized spacial score (nSPS) is 20.5. The number of hydrogen-bond donors (Lipinski definition) is 1. The van der Waals surface area contributed by atoms with Crippen LogP contribution in [0.4, 0.5) is 0 Å². The summed E-state index contributed by atoms with van der Waals surface area (Å²) in [4.78, 5) is 2.24. The number of ether oxygens (including phenoxy) is 2. The van der Waals surface area contributed by atoms with Crippen molar-refractivity contribution in [1.82, 2.24) is 4.90 Å². The summed E-state index contributed by atoms with van der Waals surface area (Å²) in [6.07, 6.45) is 0.684. The molecule has 1 fully saturated rings. The number of rotatable bonds is 4. The van der Waals surface area contributed by atoms with Crippen molar-refractivity contribution in [3.63, 3.8) is 0 Å². The van der Waals surface area contributed by atoms with Gasteiger partial charge in [-0.2, -0.15) is 0 Å². The summed E-state index contributed by atoms with van der Waals surface area (Å²) in [6, 6.07) is 5.88. The maximum Gasteiger partial charge on any atom is 0.122 e. The smallest absolute Gasteiger partial charge is 0.122 e. The summed E-state index contributed by atoms with van der Waals surface area (Å²) in [7, 11) is 3.30. The van der Waals surface area contributed by atoms with Crippen LogP contribution in [0.1, 0.15) is 12.0 Å². The van der Waals surface area contributed by atoms with Crippen molar-refractivity contribution in [2.75, 3.05) is 27.3 Å². The van der Waals surface area contributed by atoms with E-state index in [0.717, 1.165) is 43.1 Å². The van der Waals surface area contributed by atoms with Gasteiger partial charge in [-0.25, -0.2) is 0 Å². The lowest BCUT2D eigenvalue weighted by Gasteiger charge is -2.16. The van der Waals surface area contributed by atoms with Gasteiger partial charge in [0.15, 0.2) is 0 Å². The summed E-state index contributed by atoms with van der Waals surface area (Å²) >= 11 is 0. The van der Waals surface area contributed by atoms with Crippen LogP contribution in [0, 0.1) is 0 Å². The largest absolute Gasteiger partial charge is 0.497 e. The molecule has 94 valence electrons. The number of methoxy groups -OCH3 is 2. The third kappa shape index (κ3) is 3.11. The second-order valence-corrected chi connectivity index (χ2v) is 4.40. The molecule has 0 amide bonds. The SMILES string of the molecule is COc1cc(CN2CC[C@H](O)C2)cc(OC)c1. The molecule has 4 nitrogen and oxygen atoms in total. The third-order valence-corrected chi connectivity index (χ3v) is 3.06.